The molecule has 3 unspecified atom stereocenters. The average Bonchev–Trinajstić information content (AvgIpc) is 2.23. The quantitative estimate of drug-likeness (QED) is 0.567. The molecule has 0 radical (unpaired) electrons. The van der Waals surface area contributed by atoms with Crippen molar-refractivity contribution in [3.05, 3.63) is 0 Å². The fraction of sp³-hybridized carbons (Fsp3) is 1.00. The standard InChI is InChI=1S/C16H35N/c1-8-9-10-14(4)11-16(12-17(6)7)15(5)13(2)3/h13-16H,8-12H2,1-7H3. The Morgan fingerprint density at radius 3 is 2.00 bits per heavy atom. The molecule has 17 heavy (non-hydrogen) atoms. The molecule has 0 spiro atoms. The SMILES string of the molecule is CCCCC(C)CC(CN(C)C)C(C)C(C)C. The summed E-state index contributed by atoms with van der Waals surface area (Å²) < 4.78 is 0. The summed E-state index contributed by atoms with van der Waals surface area (Å²) in [5.74, 6) is 3.39. The Labute approximate surface area is 110 Å². The maximum Gasteiger partial charge on any atom is 0.000630 e. The molecule has 1 nitrogen and oxygen atoms in total. The molecule has 0 heterocycles. The van der Waals surface area contributed by atoms with E-state index in [1.807, 2.05) is 0 Å². The summed E-state index contributed by atoms with van der Waals surface area (Å²) in [5.41, 5.74) is 0. The first-order valence-electron chi connectivity index (χ1n) is 7.53. The summed E-state index contributed by atoms with van der Waals surface area (Å²) in [7, 11) is 4.41. The van der Waals surface area contributed by atoms with Gasteiger partial charge in [-0.15, -0.1) is 0 Å². The van der Waals surface area contributed by atoms with Gasteiger partial charge in [-0.3, -0.25) is 0 Å². The van der Waals surface area contributed by atoms with E-state index in [0.717, 1.165) is 23.7 Å². The van der Waals surface area contributed by atoms with E-state index in [-0.39, 0.29) is 0 Å². The Morgan fingerprint density at radius 2 is 1.59 bits per heavy atom. The van der Waals surface area contributed by atoms with Crippen LogP contribution in [-0.2, 0) is 0 Å². The summed E-state index contributed by atoms with van der Waals surface area (Å²) in [6.07, 6.45) is 5.54. The van der Waals surface area contributed by atoms with Gasteiger partial charge in [0.05, 0.1) is 0 Å². The molecule has 0 N–H and O–H groups in total. The molecule has 0 saturated heterocycles. The lowest BCUT2D eigenvalue weighted by molar-refractivity contribution is 0.181. The van der Waals surface area contributed by atoms with Crippen LogP contribution in [0.2, 0.25) is 0 Å². The molecule has 104 valence electrons. The average molecular weight is 241 g/mol. The first-order chi connectivity index (χ1) is 7.88. The molecule has 0 fully saturated rings. The number of nitrogens with zero attached hydrogens (tertiary/aromatic N) is 1. The zero-order valence-corrected chi connectivity index (χ0v) is 13.3. The van der Waals surface area contributed by atoms with Gasteiger partial charge in [-0.05, 0) is 44.2 Å². The van der Waals surface area contributed by atoms with Gasteiger partial charge in [0.15, 0.2) is 0 Å². The number of rotatable bonds is 9. The van der Waals surface area contributed by atoms with Gasteiger partial charge in [0.2, 0.25) is 0 Å². The monoisotopic (exact) mass is 241 g/mol. The minimum absolute atomic E-state index is 0.804. The summed E-state index contributed by atoms with van der Waals surface area (Å²) >= 11 is 0. The van der Waals surface area contributed by atoms with Crippen molar-refractivity contribution in [2.75, 3.05) is 20.6 Å². The van der Waals surface area contributed by atoms with Gasteiger partial charge in [0.25, 0.3) is 0 Å². The van der Waals surface area contributed by atoms with Gasteiger partial charge in [-0.1, -0.05) is 53.9 Å². The van der Waals surface area contributed by atoms with Crippen LogP contribution in [0.1, 0.15) is 60.3 Å². The van der Waals surface area contributed by atoms with Crippen LogP contribution >= 0.6 is 0 Å². The summed E-state index contributed by atoms with van der Waals surface area (Å²) in [5, 5.41) is 0. The fourth-order valence-corrected chi connectivity index (χ4v) is 2.66. The highest BCUT2D eigenvalue weighted by Gasteiger charge is 2.22. The fourth-order valence-electron chi connectivity index (χ4n) is 2.66. The van der Waals surface area contributed by atoms with Crippen molar-refractivity contribution in [3.8, 4) is 0 Å². The van der Waals surface area contributed by atoms with Gasteiger partial charge >= 0.3 is 0 Å². The summed E-state index contributed by atoms with van der Waals surface area (Å²) in [6, 6.07) is 0. The zero-order chi connectivity index (χ0) is 13.4. The van der Waals surface area contributed by atoms with Crippen molar-refractivity contribution < 1.29 is 0 Å². The van der Waals surface area contributed by atoms with Crippen molar-refractivity contribution in [2.24, 2.45) is 23.7 Å². The van der Waals surface area contributed by atoms with Crippen molar-refractivity contribution in [3.63, 3.8) is 0 Å². The number of hydrogen-bond donors (Lipinski definition) is 0. The van der Waals surface area contributed by atoms with E-state index in [1.165, 1.54) is 32.2 Å². The Hall–Kier alpha value is -0.0400. The van der Waals surface area contributed by atoms with Gasteiger partial charge < -0.3 is 4.90 Å². The van der Waals surface area contributed by atoms with E-state index < -0.39 is 0 Å². The molecule has 0 aliphatic carbocycles. The van der Waals surface area contributed by atoms with E-state index in [1.54, 1.807) is 0 Å². The first kappa shape index (κ1) is 17.0. The van der Waals surface area contributed by atoms with Crippen molar-refractivity contribution in [1.82, 2.24) is 4.90 Å². The second-order valence-corrected chi connectivity index (χ2v) is 6.61. The maximum absolute atomic E-state index is 2.44. The maximum atomic E-state index is 2.44. The third kappa shape index (κ3) is 7.81. The summed E-state index contributed by atoms with van der Waals surface area (Å²) in [6.45, 7) is 13.1. The molecule has 0 rings (SSSR count). The predicted molar refractivity (Wildman–Crippen MR) is 79.4 cm³/mol. The predicted octanol–water partition coefficient (Wildman–Crippen LogP) is 4.67. The third-order valence-electron chi connectivity index (χ3n) is 4.15. The van der Waals surface area contributed by atoms with Crippen LogP contribution in [0.25, 0.3) is 0 Å². The minimum Gasteiger partial charge on any atom is -0.309 e. The molecule has 3 atom stereocenters. The molecule has 0 aliphatic heterocycles. The second kappa shape index (κ2) is 8.97. The molecular formula is C16H35N. The molecule has 0 aromatic heterocycles. The molecule has 0 aliphatic rings. The number of unbranched alkanes of at least 4 members (excludes halogenated alkanes) is 1. The largest absolute Gasteiger partial charge is 0.309 e. The Bertz CT molecular complexity index is 174. The molecule has 0 aromatic carbocycles. The Kier molecular flexibility index (Phi) is 8.94. The van der Waals surface area contributed by atoms with Gasteiger partial charge in [0, 0.05) is 6.54 Å². The van der Waals surface area contributed by atoms with Gasteiger partial charge in [-0.25, -0.2) is 0 Å². The van der Waals surface area contributed by atoms with Gasteiger partial charge in [-0.2, -0.15) is 0 Å². The smallest absolute Gasteiger partial charge is 0.000630 e. The van der Waals surface area contributed by atoms with Crippen LogP contribution in [0.5, 0.6) is 0 Å². The topological polar surface area (TPSA) is 3.24 Å². The van der Waals surface area contributed by atoms with Crippen molar-refractivity contribution in [2.45, 2.75) is 60.3 Å². The highest BCUT2D eigenvalue weighted by molar-refractivity contribution is 4.74. The highest BCUT2D eigenvalue weighted by atomic mass is 15.1. The van der Waals surface area contributed by atoms with Crippen LogP contribution in [0.4, 0.5) is 0 Å². The molecule has 0 amide bonds. The lowest BCUT2D eigenvalue weighted by Crippen LogP contribution is -2.30. The van der Waals surface area contributed by atoms with Crippen LogP contribution in [0.15, 0.2) is 0 Å². The zero-order valence-electron chi connectivity index (χ0n) is 13.3. The van der Waals surface area contributed by atoms with E-state index >= 15 is 0 Å². The van der Waals surface area contributed by atoms with E-state index in [2.05, 4.69) is 53.6 Å². The van der Waals surface area contributed by atoms with E-state index in [9.17, 15) is 0 Å². The second-order valence-electron chi connectivity index (χ2n) is 6.61. The van der Waals surface area contributed by atoms with Crippen LogP contribution in [-0.4, -0.2) is 25.5 Å². The van der Waals surface area contributed by atoms with Crippen molar-refractivity contribution in [1.29, 1.82) is 0 Å². The van der Waals surface area contributed by atoms with E-state index in [0.29, 0.717) is 0 Å². The van der Waals surface area contributed by atoms with Gasteiger partial charge in [0.1, 0.15) is 0 Å². The lowest BCUT2D eigenvalue weighted by Gasteiger charge is -2.31. The number of hydrogen-bond acceptors (Lipinski definition) is 1. The normalized spacial score (nSPS) is 17.5. The summed E-state index contributed by atoms with van der Waals surface area (Å²) in [4.78, 5) is 2.36. The van der Waals surface area contributed by atoms with Crippen molar-refractivity contribution >= 4 is 0 Å². The van der Waals surface area contributed by atoms with Crippen LogP contribution < -0.4 is 0 Å². The molecular weight excluding hydrogens is 206 g/mol. The lowest BCUT2D eigenvalue weighted by atomic mass is 9.79. The molecule has 0 bridgehead atoms. The Morgan fingerprint density at radius 1 is 1.00 bits per heavy atom. The minimum atomic E-state index is 0.804. The van der Waals surface area contributed by atoms with Crippen LogP contribution in [0, 0.1) is 23.7 Å². The molecule has 0 saturated carbocycles. The first-order valence-corrected chi connectivity index (χ1v) is 7.53. The molecule has 0 aromatic rings. The van der Waals surface area contributed by atoms with E-state index in [4.69, 9.17) is 0 Å². The third-order valence-corrected chi connectivity index (χ3v) is 4.15. The Balaban J connectivity index is 4.27. The molecule has 1 heteroatoms. The highest BCUT2D eigenvalue weighted by Crippen LogP contribution is 2.28. The van der Waals surface area contributed by atoms with Crippen LogP contribution in [0.3, 0.4) is 0 Å².